The summed E-state index contributed by atoms with van der Waals surface area (Å²) in [6.07, 6.45) is 0. The van der Waals surface area contributed by atoms with E-state index >= 15 is 0 Å². The second-order valence-electron chi connectivity index (χ2n) is 15.8. The number of aromatic nitrogens is 1. The molecule has 292 valence electrons. The van der Waals surface area contributed by atoms with E-state index < -0.39 is 0 Å². The van der Waals surface area contributed by atoms with Crippen LogP contribution in [0, 0.1) is 0 Å². The standard InChI is InChI=1S/C58H39N3S/c1-5-18-43(19-6-1)59(44-20-7-2-8-21-44)48-35-42(36-49(38-48)60(45-22-9-3-10-23-45)47-31-34-53-52-27-15-16-28-56(52)62-57(53)39-47)41-30-32-51-54-33-29-40-17-13-14-26-50(40)58(54)61(55(51)37-41)46-24-11-4-12-25-46/h1-39H. The first-order chi connectivity index (χ1) is 30.7. The molecule has 0 aliphatic carbocycles. The Morgan fingerprint density at radius 3 is 1.52 bits per heavy atom. The van der Waals surface area contributed by atoms with Crippen LogP contribution in [0.1, 0.15) is 0 Å². The number of hydrogen-bond acceptors (Lipinski definition) is 3. The Kier molecular flexibility index (Phi) is 8.68. The van der Waals surface area contributed by atoms with Crippen LogP contribution in [0.15, 0.2) is 237 Å². The van der Waals surface area contributed by atoms with E-state index in [1.54, 1.807) is 0 Å². The molecule has 0 saturated heterocycles. The lowest BCUT2D eigenvalue weighted by Gasteiger charge is -2.30. The minimum Gasteiger partial charge on any atom is -0.310 e. The molecule has 0 radical (unpaired) electrons. The minimum absolute atomic E-state index is 1.06. The third-order valence-corrected chi connectivity index (χ3v) is 13.2. The zero-order valence-electron chi connectivity index (χ0n) is 33.8. The third kappa shape index (κ3) is 6.11. The normalized spacial score (nSPS) is 11.5. The van der Waals surface area contributed by atoms with Crippen LogP contribution in [0.5, 0.6) is 0 Å². The monoisotopic (exact) mass is 809 g/mol. The number of thiophene rings is 1. The van der Waals surface area contributed by atoms with Crippen molar-refractivity contribution in [3.05, 3.63) is 237 Å². The van der Waals surface area contributed by atoms with E-state index in [0.717, 1.165) is 50.9 Å². The molecule has 0 atom stereocenters. The molecule has 0 spiro atoms. The van der Waals surface area contributed by atoms with Gasteiger partial charge in [0.15, 0.2) is 0 Å². The number of para-hydroxylation sites is 4. The van der Waals surface area contributed by atoms with Gasteiger partial charge >= 0.3 is 0 Å². The van der Waals surface area contributed by atoms with Gasteiger partial charge in [0.05, 0.1) is 11.0 Å². The lowest BCUT2D eigenvalue weighted by atomic mass is 10.00. The molecular weight excluding hydrogens is 771 g/mol. The van der Waals surface area contributed by atoms with Gasteiger partial charge in [-0.3, -0.25) is 0 Å². The molecule has 10 aromatic carbocycles. The van der Waals surface area contributed by atoms with Crippen molar-refractivity contribution in [2.75, 3.05) is 9.80 Å². The van der Waals surface area contributed by atoms with Crippen LogP contribution < -0.4 is 9.80 Å². The van der Waals surface area contributed by atoms with Crippen LogP contribution in [-0.2, 0) is 0 Å². The van der Waals surface area contributed by atoms with E-state index in [4.69, 9.17) is 0 Å². The highest BCUT2D eigenvalue weighted by Crippen LogP contribution is 2.46. The second kappa shape index (κ2) is 15.0. The third-order valence-electron chi connectivity index (χ3n) is 12.1. The lowest BCUT2D eigenvalue weighted by molar-refractivity contribution is 1.19. The largest absolute Gasteiger partial charge is 0.310 e. The van der Waals surface area contributed by atoms with Gasteiger partial charge in [-0.2, -0.15) is 0 Å². The molecule has 62 heavy (non-hydrogen) atoms. The molecule has 4 heteroatoms. The van der Waals surface area contributed by atoms with Crippen molar-refractivity contribution in [1.29, 1.82) is 0 Å². The molecule has 3 nitrogen and oxygen atoms in total. The Labute approximate surface area is 364 Å². The van der Waals surface area contributed by atoms with Crippen molar-refractivity contribution >= 4 is 98.2 Å². The summed E-state index contributed by atoms with van der Waals surface area (Å²) in [6.45, 7) is 0. The van der Waals surface area contributed by atoms with Gasteiger partial charge in [0.25, 0.3) is 0 Å². The minimum atomic E-state index is 1.06. The Bertz CT molecular complexity index is 3540. The van der Waals surface area contributed by atoms with Crippen LogP contribution in [0.25, 0.3) is 69.6 Å². The summed E-state index contributed by atoms with van der Waals surface area (Å²) in [4.78, 5) is 4.79. The van der Waals surface area contributed by atoms with Crippen molar-refractivity contribution in [3.63, 3.8) is 0 Å². The summed E-state index contributed by atoms with van der Waals surface area (Å²) in [7, 11) is 0. The maximum Gasteiger partial charge on any atom is 0.0619 e. The average molecular weight is 810 g/mol. The molecule has 2 aromatic heterocycles. The summed E-state index contributed by atoms with van der Waals surface area (Å²) >= 11 is 1.85. The summed E-state index contributed by atoms with van der Waals surface area (Å²) < 4.78 is 5.02. The van der Waals surface area contributed by atoms with E-state index in [1.165, 1.54) is 52.8 Å². The lowest BCUT2D eigenvalue weighted by Crippen LogP contribution is -2.13. The maximum absolute atomic E-state index is 2.46. The second-order valence-corrected chi connectivity index (χ2v) is 16.9. The molecule has 12 aromatic rings. The topological polar surface area (TPSA) is 11.4 Å². The van der Waals surface area contributed by atoms with Gasteiger partial charge < -0.3 is 14.4 Å². The van der Waals surface area contributed by atoms with E-state index in [9.17, 15) is 0 Å². The SMILES string of the molecule is c1ccc(N(c2ccccc2)c2cc(-c3ccc4c5ccc6ccccc6c5n(-c5ccccc5)c4c3)cc(N(c3ccccc3)c3ccc4c(c3)sc3ccccc34)c2)cc1. The Morgan fingerprint density at radius 2 is 0.839 bits per heavy atom. The first-order valence-corrected chi connectivity index (χ1v) is 21.9. The highest BCUT2D eigenvalue weighted by Gasteiger charge is 2.22. The first-order valence-electron chi connectivity index (χ1n) is 21.1. The summed E-state index contributed by atoms with van der Waals surface area (Å²) in [5, 5.41) is 7.53. The fraction of sp³-hybridized carbons (Fsp3) is 0. The van der Waals surface area contributed by atoms with Crippen molar-refractivity contribution in [2.24, 2.45) is 0 Å². The number of rotatable bonds is 8. The van der Waals surface area contributed by atoms with Crippen molar-refractivity contribution < 1.29 is 0 Å². The van der Waals surface area contributed by atoms with Crippen LogP contribution in [-0.4, -0.2) is 4.57 Å². The molecule has 0 unspecified atom stereocenters. The molecule has 0 aliphatic heterocycles. The van der Waals surface area contributed by atoms with Crippen LogP contribution in [0.3, 0.4) is 0 Å². The van der Waals surface area contributed by atoms with Gasteiger partial charge in [-0.15, -0.1) is 11.3 Å². The summed E-state index contributed by atoms with van der Waals surface area (Å²) in [5.41, 5.74) is 12.3. The molecule has 0 saturated carbocycles. The highest BCUT2D eigenvalue weighted by molar-refractivity contribution is 7.25. The maximum atomic E-state index is 2.46. The quantitative estimate of drug-likeness (QED) is 0.151. The fourth-order valence-electron chi connectivity index (χ4n) is 9.30. The number of nitrogens with zero attached hydrogens (tertiary/aromatic N) is 3. The molecule has 0 aliphatic rings. The highest BCUT2D eigenvalue weighted by atomic mass is 32.1. The van der Waals surface area contributed by atoms with Crippen LogP contribution in [0.4, 0.5) is 34.1 Å². The van der Waals surface area contributed by atoms with Crippen LogP contribution in [0.2, 0.25) is 0 Å². The zero-order valence-corrected chi connectivity index (χ0v) is 34.6. The Morgan fingerprint density at radius 1 is 0.306 bits per heavy atom. The van der Waals surface area contributed by atoms with E-state index in [-0.39, 0.29) is 0 Å². The predicted octanol–water partition coefficient (Wildman–Crippen LogP) is 16.9. The van der Waals surface area contributed by atoms with Crippen LogP contribution >= 0.6 is 11.3 Å². The van der Waals surface area contributed by atoms with E-state index in [0.29, 0.717) is 0 Å². The van der Waals surface area contributed by atoms with Gasteiger partial charge in [0.2, 0.25) is 0 Å². The Hall–Kier alpha value is -7.92. The van der Waals surface area contributed by atoms with Gasteiger partial charge in [-0.05, 0) is 108 Å². The molecular formula is C58H39N3S. The smallest absolute Gasteiger partial charge is 0.0619 e. The molecule has 12 rings (SSSR count). The number of benzene rings is 10. The van der Waals surface area contributed by atoms with Gasteiger partial charge in [-0.25, -0.2) is 0 Å². The van der Waals surface area contributed by atoms with Gasteiger partial charge in [0, 0.05) is 76.1 Å². The van der Waals surface area contributed by atoms with E-state index in [1.807, 2.05) is 11.3 Å². The molecule has 0 fully saturated rings. The number of hydrogen-bond donors (Lipinski definition) is 0. The van der Waals surface area contributed by atoms with Crippen molar-refractivity contribution in [1.82, 2.24) is 4.57 Å². The number of anilines is 6. The van der Waals surface area contributed by atoms with E-state index in [2.05, 4.69) is 251 Å². The molecule has 0 N–H and O–H groups in total. The molecule has 2 heterocycles. The fourth-order valence-corrected chi connectivity index (χ4v) is 10.4. The van der Waals surface area contributed by atoms with Gasteiger partial charge in [0.1, 0.15) is 0 Å². The average Bonchev–Trinajstić information content (AvgIpc) is 3.88. The van der Waals surface area contributed by atoms with Crippen molar-refractivity contribution in [3.8, 4) is 16.8 Å². The molecule has 0 bridgehead atoms. The number of fused-ring (bicyclic) bond motifs is 8. The zero-order chi connectivity index (χ0) is 41.0. The first kappa shape index (κ1) is 36.0. The summed E-state index contributed by atoms with van der Waals surface area (Å²) in [5.74, 6) is 0. The van der Waals surface area contributed by atoms with Gasteiger partial charge in [-0.1, -0.05) is 146 Å². The predicted molar refractivity (Wildman–Crippen MR) is 266 cm³/mol. The summed E-state index contributed by atoms with van der Waals surface area (Å²) in [6, 6.07) is 86.0. The molecule has 0 amide bonds. The Balaban J connectivity index is 1.14. The van der Waals surface area contributed by atoms with Crippen molar-refractivity contribution in [2.45, 2.75) is 0 Å².